The summed E-state index contributed by atoms with van der Waals surface area (Å²) in [5.41, 5.74) is 3.35. The van der Waals surface area contributed by atoms with E-state index in [0.29, 0.717) is 19.0 Å². The van der Waals surface area contributed by atoms with Gasteiger partial charge in [-0.3, -0.25) is 9.69 Å². The maximum atomic E-state index is 12.6. The summed E-state index contributed by atoms with van der Waals surface area (Å²) in [4.78, 5) is 24.9. The topological polar surface area (TPSA) is 72.5 Å². The number of aliphatic hydroxyl groups excluding tert-OH is 1. The minimum absolute atomic E-state index is 0.193. The Hall–Kier alpha value is -1.92. The van der Waals surface area contributed by atoms with Crippen molar-refractivity contribution in [3.8, 4) is 0 Å². The molecule has 0 bridgehead atoms. The Morgan fingerprint density at radius 3 is 2.81 bits per heavy atom. The van der Waals surface area contributed by atoms with E-state index in [1.165, 1.54) is 5.56 Å². The Kier molecular flexibility index (Phi) is 4.96. The highest BCUT2D eigenvalue weighted by atomic mass is 16.3. The van der Waals surface area contributed by atoms with Crippen LogP contribution in [0.4, 0.5) is 0 Å². The first kappa shape index (κ1) is 17.5. The van der Waals surface area contributed by atoms with Crippen LogP contribution in [0.2, 0.25) is 0 Å². The molecule has 1 aromatic heterocycles. The van der Waals surface area contributed by atoms with Crippen LogP contribution in [0.15, 0.2) is 18.2 Å². The molecule has 140 valence electrons. The quantitative estimate of drug-likeness (QED) is 0.883. The number of carbonyl (C=O) groups is 1. The zero-order chi connectivity index (χ0) is 18.1. The van der Waals surface area contributed by atoms with Gasteiger partial charge in [0, 0.05) is 25.6 Å². The highest BCUT2D eigenvalue weighted by Gasteiger charge is 2.28. The van der Waals surface area contributed by atoms with Crippen LogP contribution >= 0.6 is 0 Å². The summed E-state index contributed by atoms with van der Waals surface area (Å²) in [5.74, 6) is 1.64. The number of piperidine rings is 2. The van der Waals surface area contributed by atoms with E-state index in [0.717, 1.165) is 62.2 Å². The molecule has 6 heteroatoms. The van der Waals surface area contributed by atoms with Gasteiger partial charge in [0.25, 0.3) is 0 Å². The summed E-state index contributed by atoms with van der Waals surface area (Å²) in [6.07, 6.45) is 3.45. The molecule has 1 amide bonds. The van der Waals surface area contributed by atoms with Crippen LogP contribution in [-0.2, 0) is 4.79 Å². The van der Waals surface area contributed by atoms with Crippen molar-refractivity contribution in [3.05, 3.63) is 29.6 Å². The van der Waals surface area contributed by atoms with Crippen LogP contribution in [0.5, 0.6) is 0 Å². The van der Waals surface area contributed by atoms with Crippen molar-refractivity contribution in [1.29, 1.82) is 0 Å². The van der Waals surface area contributed by atoms with Gasteiger partial charge in [-0.2, -0.15) is 0 Å². The average Bonchev–Trinajstić information content (AvgIpc) is 3.08. The molecule has 2 aliphatic rings. The summed E-state index contributed by atoms with van der Waals surface area (Å²) in [6, 6.07) is 6.22. The molecule has 2 N–H and O–H groups in total. The van der Waals surface area contributed by atoms with E-state index in [9.17, 15) is 9.90 Å². The van der Waals surface area contributed by atoms with Gasteiger partial charge < -0.3 is 15.0 Å². The van der Waals surface area contributed by atoms with Crippen molar-refractivity contribution in [3.63, 3.8) is 0 Å². The number of aromatic amines is 1. The molecule has 0 radical (unpaired) electrons. The molecule has 4 rings (SSSR count). The molecule has 2 saturated heterocycles. The van der Waals surface area contributed by atoms with Crippen LogP contribution in [-0.4, -0.2) is 69.6 Å². The Labute approximate surface area is 154 Å². The third kappa shape index (κ3) is 3.62. The molecule has 2 aromatic rings. The number of aryl methyl sites for hydroxylation is 1. The number of aliphatic hydroxyl groups is 1. The number of likely N-dealkylation sites (tertiary alicyclic amines) is 2. The Bertz CT molecular complexity index is 779. The molecule has 3 heterocycles. The molecule has 1 aromatic carbocycles. The van der Waals surface area contributed by atoms with E-state index in [4.69, 9.17) is 4.98 Å². The number of aromatic nitrogens is 2. The molecule has 6 nitrogen and oxygen atoms in total. The van der Waals surface area contributed by atoms with Crippen molar-refractivity contribution >= 4 is 16.9 Å². The summed E-state index contributed by atoms with van der Waals surface area (Å²) >= 11 is 0. The van der Waals surface area contributed by atoms with E-state index >= 15 is 0 Å². The monoisotopic (exact) mass is 356 g/mol. The largest absolute Gasteiger partial charge is 0.392 e. The number of β-amino-alcohol motifs (C(OH)–C–C–N with tert-alkyl or cyclic N) is 1. The molecular formula is C20H28N4O2. The third-order valence-electron chi connectivity index (χ3n) is 5.81. The van der Waals surface area contributed by atoms with Gasteiger partial charge in [0.1, 0.15) is 5.82 Å². The summed E-state index contributed by atoms with van der Waals surface area (Å²) in [7, 11) is 0. The number of H-pyrrole nitrogens is 1. The second kappa shape index (κ2) is 7.37. The Morgan fingerprint density at radius 1 is 1.27 bits per heavy atom. The number of fused-ring (bicyclic) bond motifs is 1. The van der Waals surface area contributed by atoms with Crippen molar-refractivity contribution in [2.45, 2.75) is 44.6 Å². The second-order valence-corrected chi connectivity index (χ2v) is 7.78. The fourth-order valence-electron chi connectivity index (χ4n) is 4.26. The number of hydrogen-bond donors (Lipinski definition) is 2. The average molecular weight is 356 g/mol. The van der Waals surface area contributed by atoms with Gasteiger partial charge in [0.2, 0.25) is 5.91 Å². The maximum Gasteiger partial charge on any atom is 0.236 e. The number of imidazole rings is 1. The lowest BCUT2D eigenvalue weighted by Gasteiger charge is -2.34. The van der Waals surface area contributed by atoms with Crippen LogP contribution < -0.4 is 0 Å². The van der Waals surface area contributed by atoms with Crippen molar-refractivity contribution in [2.24, 2.45) is 0 Å². The first-order valence-electron chi connectivity index (χ1n) is 9.73. The van der Waals surface area contributed by atoms with Crippen LogP contribution in [0.3, 0.4) is 0 Å². The van der Waals surface area contributed by atoms with Gasteiger partial charge >= 0.3 is 0 Å². The van der Waals surface area contributed by atoms with E-state index in [1.54, 1.807) is 0 Å². The summed E-state index contributed by atoms with van der Waals surface area (Å²) < 4.78 is 0. The highest BCUT2D eigenvalue weighted by Crippen LogP contribution is 2.28. The van der Waals surface area contributed by atoms with Crippen molar-refractivity contribution < 1.29 is 9.90 Å². The first-order chi connectivity index (χ1) is 12.6. The van der Waals surface area contributed by atoms with Gasteiger partial charge in [-0.25, -0.2) is 4.98 Å². The lowest BCUT2D eigenvalue weighted by Crippen LogP contribution is -2.47. The molecule has 2 aliphatic heterocycles. The third-order valence-corrected chi connectivity index (χ3v) is 5.81. The minimum Gasteiger partial charge on any atom is -0.392 e. The first-order valence-corrected chi connectivity index (χ1v) is 9.73. The predicted molar refractivity (Wildman–Crippen MR) is 101 cm³/mol. The standard InChI is InChI=1S/C20H28N4O2/c1-14-4-2-6-17-19(14)22-20(21-17)15-7-10-24(11-8-15)18(26)13-23-9-3-5-16(25)12-23/h2,4,6,15-16,25H,3,5,7-13H2,1H3,(H,21,22). The molecule has 2 fully saturated rings. The number of nitrogens with one attached hydrogen (secondary N) is 1. The number of amides is 1. The fourth-order valence-corrected chi connectivity index (χ4v) is 4.26. The molecule has 0 spiro atoms. The number of para-hydroxylation sites is 1. The lowest BCUT2D eigenvalue weighted by molar-refractivity contribution is -0.134. The minimum atomic E-state index is -0.279. The van der Waals surface area contributed by atoms with Crippen LogP contribution in [0.1, 0.15) is 43.0 Å². The van der Waals surface area contributed by atoms with E-state index in [2.05, 4.69) is 35.0 Å². The van der Waals surface area contributed by atoms with Crippen LogP contribution in [0.25, 0.3) is 11.0 Å². The molecule has 1 atom stereocenters. The molecule has 0 aliphatic carbocycles. The second-order valence-electron chi connectivity index (χ2n) is 7.78. The Balaban J connectivity index is 1.34. The number of nitrogens with zero attached hydrogens (tertiary/aromatic N) is 3. The molecule has 26 heavy (non-hydrogen) atoms. The lowest BCUT2D eigenvalue weighted by atomic mass is 9.96. The smallest absolute Gasteiger partial charge is 0.236 e. The van der Waals surface area contributed by atoms with E-state index < -0.39 is 0 Å². The summed E-state index contributed by atoms with van der Waals surface area (Å²) in [5, 5.41) is 9.77. The van der Waals surface area contributed by atoms with Gasteiger partial charge in [0.05, 0.1) is 23.7 Å². The van der Waals surface area contributed by atoms with Crippen LogP contribution in [0, 0.1) is 6.92 Å². The van der Waals surface area contributed by atoms with Crippen molar-refractivity contribution in [1.82, 2.24) is 19.8 Å². The highest BCUT2D eigenvalue weighted by molar-refractivity contribution is 5.79. The maximum absolute atomic E-state index is 12.6. The van der Waals surface area contributed by atoms with Crippen molar-refractivity contribution in [2.75, 3.05) is 32.7 Å². The van der Waals surface area contributed by atoms with Gasteiger partial charge in [0.15, 0.2) is 0 Å². The van der Waals surface area contributed by atoms with Gasteiger partial charge in [-0.05, 0) is 50.8 Å². The Morgan fingerprint density at radius 2 is 2.08 bits per heavy atom. The number of rotatable bonds is 3. The molecule has 1 unspecified atom stereocenters. The fraction of sp³-hybridized carbons (Fsp3) is 0.600. The van der Waals surface area contributed by atoms with Gasteiger partial charge in [-0.1, -0.05) is 12.1 Å². The summed E-state index contributed by atoms with van der Waals surface area (Å²) in [6.45, 7) is 5.64. The SMILES string of the molecule is Cc1cccc2[nH]c(C3CCN(C(=O)CN4CCCC(O)C4)CC3)nc12. The molecule has 0 saturated carbocycles. The normalized spacial score (nSPS) is 22.8. The number of carbonyl (C=O) groups excluding carboxylic acids is 1. The zero-order valence-electron chi connectivity index (χ0n) is 15.4. The zero-order valence-corrected chi connectivity index (χ0v) is 15.4. The van der Waals surface area contributed by atoms with Gasteiger partial charge in [-0.15, -0.1) is 0 Å². The predicted octanol–water partition coefficient (Wildman–Crippen LogP) is 2.03. The molecular weight excluding hydrogens is 328 g/mol. The van der Waals surface area contributed by atoms with E-state index in [1.807, 2.05) is 4.90 Å². The van der Waals surface area contributed by atoms with E-state index in [-0.39, 0.29) is 12.0 Å². The number of hydrogen-bond acceptors (Lipinski definition) is 4. The number of benzene rings is 1.